The highest BCUT2D eigenvalue weighted by Gasteiger charge is 2.30. The second-order valence-corrected chi connectivity index (χ2v) is 3.98. The van der Waals surface area contributed by atoms with E-state index in [0.717, 1.165) is 0 Å². The molecule has 1 heterocycles. The first-order valence-corrected chi connectivity index (χ1v) is 4.68. The zero-order chi connectivity index (χ0) is 5.33. The molecule has 0 bridgehead atoms. The molecule has 1 aliphatic rings. The second-order valence-electron chi connectivity index (χ2n) is 2.44. The van der Waals surface area contributed by atoms with Crippen molar-refractivity contribution < 1.29 is 0 Å². The molecule has 0 N–H and O–H groups in total. The summed E-state index contributed by atoms with van der Waals surface area (Å²) in [7, 11) is 0. The Morgan fingerprint density at radius 3 is 2.29 bits per heavy atom. The lowest BCUT2D eigenvalue weighted by Crippen LogP contribution is -2.33. The zero-order valence-corrected chi connectivity index (χ0v) is 6.81. The lowest BCUT2D eigenvalue weighted by Gasteiger charge is -2.35. The summed E-state index contributed by atoms with van der Waals surface area (Å²) in [4.78, 5) is 0. The first kappa shape index (κ1) is 5.96. The lowest BCUT2D eigenvalue weighted by atomic mass is 9.99. The minimum absolute atomic E-state index is 0.644. The van der Waals surface area contributed by atoms with Crippen molar-refractivity contribution in [3.05, 3.63) is 0 Å². The average molecular weight is 181 g/mol. The van der Waals surface area contributed by atoms with E-state index in [1.807, 2.05) is 11.8 Å². The molecule has 1 rings (SSSR count). The Kier molecular flexibility index (Phi) is 1.68. The predicted molar refractivity (Wildman–Crippen MR) is 39.2 cm³/mol. The van der Waals surface area contributed by atoms with Gasteiger partial charge in [0.1, 0.15) is 0 Å². The van der Waals surface area contributed by atoms with Crippen molar-refractivity contribution in [1.82, 2.24) is 0 Å². The summed E-state index contributed by atoms with van der Waals surface area (Å²) >= 11 is 5.51. The van der Waals surface area contributed by atoms with Crippen molar-refractivity contribution in [3.63, 3.8) is 0 Å². The molecular formula is C5H9BrS. The van der Waals surface area contributed by atoms with Crippen LogP contribution in [0, 0.1) is 5.41 Å². The van der Waals surface area contributed by atoms with Crippen LogP contribution in [0.15, 0.2) is 0 Å². The van der Waals surface area contributed by atoms with Crippen LogP contribution in [-0.4, -0.2) is 16.8 Å². The Labute approximate surface area is 57.2 Å². The van der Waals surface area contributed by atoms with Crippen LogP contribution in [0.3, 0.4) is 0 Å². The summed E-state index contributed by atoms with van der Waals surface area (Å²) in [5, 5.41) is 1.17. The van der Waals surface area contributed by atoms with Crippen LogP contribution in [0.5, 0.6) is 0 Å². The number of rotatable bonds is 1. The van der Waals surface area contributed by atoms with Gasteiger partial charge in [0.25, 0.3) is 0 Å². The van der Waals surface area contributed by atoms with Gasteiger partial charge in [0.05, 0.1) is 0 Å². The molecular weight excluding hydrogens is 172 g/mol. The van der Waals surface area contributed by atoms with Crippen LogP contribution >= 0.6 is 27.7 Å². The fraction of sp³-hybridized carbons (Fsp3) is 1.00. The predicted octanol–water partition coefficient (Wildman–Crippen LogP) is 2.13. The molecule has 1 fully saturated rings. The van der Waals surface area contributed by atoms with Crippen LogP contribution in [0.2, 0.25) is 0 Å². The molecule has 1 saturated heterocycles. The third-order valence-corrected chi connectivity index (χ3v) is 4.38. The number of hydrogen-bond acceptors (Lipinski definition) is 1. The highest BCUT2D eigenvalue weighted by Crippen LogP contribution is 2.38. The molecule has 0 aromatic rings. The second kappa shape index (κ2) is 1.98. The minimum atomic E-state index is 0.644. The van der Waals surface area contributed by atoms with Crippen molar-refractivity contribution in [2.75, 3.05) is 16.8 Å². The lowest BCUT2D eigenvalue weighted by molar-refractivity contribution is 0.477. The third kappa shape index (κ3) is 1.14. The molecule has 0 nitrogen and oxygen atoms in total. The summed E-state index contributed by atoms with van der Waals surface area (Å²) in [5.41, 5.74) is 0.644. The van der Waals surface area contributed by atoms with Crippen molar-refractivity contribution in [2.45, 2.75) is 6.92 Å². The van der Waals surface area contributed by atoms with Crippen LogP contribution < -0.4 is 0 Å². The number of halogens is 1. The maximum atomic E-state index is 3.47. The van der Waals surface area contributed by atoms with E-state index in [1.54, 1.807) is 0 Å². The molecule has 0 atom stereocenters. The first-order chi connectivity index (χ1) is 3.27. The van der Waals surface area contributed by atoms with E-state index in [9.17, 15) is 0 Å². The van der Waals surface area contributed by atoms with E-state index in [0.29, 0.717) is 5.41 Å². The van der Waals surface area contributed by atoms with Gasteiger partial charge in [-0.15, -0.1) is 0 Å². The van der Waals surface area contributed by atoms with Crippen molar-refractivity contribution in [2.24, 2.45) is 5.41 Å². The Bertz CT molecular complexity index is 63.0. The largest absolute Gasteiger partial charge is 0.161 e. The van der Waals surface area contributed by atoms with Gasteiger partial charge in [-0.05, 0) is 5.41 Å². The number of thioether (sulfide) groups is 1. The SMILES string of the molecule is CC1(CBr)CSC1. The smallest absolute Gasteiger partial charge is 0.0101 e. The monoisotopic (exact) mass is 180 g/mol. The van der Waals surface area contributed by atoms with Gasteiger partial charge in [0.15, 0.2) is 0 Å². The molecule has 7 heavy (non-hydrogen) atoms. The summed E-state index contributed by atoms with van der Waals surface area (Å²) in [5.74, 6) is 2.69. The van der Waals surface area contributed by atoms with Crippen LogP contribution in [-0.2, 0) is 0 Å². The molecule has 0 amide bonds. The van der Waals surface area contributed by atoms with Gasteiger partial charge in [0, 0.05) is 16.8 Å². The fourth-order valence-electron chi connectivity index (χ4n) is 0.528. The maximum absolute atomic E-state index is 3.47. The van der Waals surface area contributed by atoms with Crippen LogP contribution in [0.4, 0.5) is 0 Å². The molecule has 42 valence electrons. The summed E-state index contributed by atoms with van der Waals surface area (Å²) in [6.45, 7) is 2.32. The molecule has 0 spiro atoms. The van der Waals surface area contributed by atoms with E-state index in [4.69, 9.17) is 0 Å². The van der Waals surface area contributed by atoms with Crippen molar-refractivity contribution >= 4 is 27.7 Å². The van der Waals surface area contributed by atoms with Crippen molar-refractivity contribution in [1.29, 1.82) is 0 Å². The normalized spacial score (nSPS) is 26.6. The highest BCUT2D eigenvalue weighted by atomic mass is 79.9. The summed E-state index contributed by atoms with van der Waals surface area (Å²) < 4.78 is 0. The molecule has 1 aliphatic heterocycles. The van der Waals surface area contributed by atoms with Gasteiger partial charge in [-0.3, -0.25) is 0 Å². The molecule has 0 saturated carbocycles. The van der Waals surface area contributed by atoms with E-state index >= 15 is 0 Å². The van der Waals surface area contributed by atoms with Crippen LogP contribution in [0.25, 0.3) is 0 Å². The third-order valence-electron chi connectivity index (χ3n) is 1.22. The van der Waals surface area contributed by atoms with Gasteiger partial charge in [0.2, 0.25) is 0 Å². The highest BCUT2D eigenvalue weighted by molar-refractivity contribution is 9.09. The van der Waals surface area contributed by atoms with E-state index in [-0.39, 0.29) is 0 Å². The molecule has 0 aliphatic carbocycles. The van der Waals surface area contributed by atoms with Gasteiger partial charge < -0.3 is 0 Å². The standard InChI is InChI=1S/C5H9BrS/c1-5(2-6)3-7-4-5/h2-4H2,1H3. The quantitative estimate of drug-likeness (QED) is 0.558. The maximum Gasteiger partial charge on any atom is 0.0101 e. The summed E-state index contributed by atoms with van der Waals surface area (Å²) in [6, 6.07) is 0. The van der Waals surface area contributed by atoms with Gasteiger partial charge >= 0.3 is 0 Å². The van der Waals surface area contributed by atoms with Crippen molar-refractivity contribution in [3.8, 4) is 0 Å². The topological polar surface area (TPSA) is 0 Å². The van der Waals surface area contributed by atoms with E-state index in [1.165, 1.54) is 16.8 Å². The zero-order valence-electron chi connectivity index (χ0n) is 4.41. The Balaban J connectivity index is 2.29. The Hall–Kier alpha value is 0.830. The average Bonchev–Trinajstić information content (AvgIpc) is 1.61. The molecule has 0 aromatic carbocycles. The van der Waals surface area contributed by atoms with Crippen LogP contribution in [0.1, 0.15) is 6.92 Å². The number of alkyl halides is 1. The van der Waals surface area contributed by atoms with Gasteiger partial charge in [-0.1, -0.05) is 22.9 Å². The molecule has 0 aromatic heterocycles. The molecule has 0 radical (unpaired) electrons. The Morgan fingerprint density at radius 2 is 2.29 bits per heavy atom. The first-order valence-electron chi connectivity index (χ1n) is 2.41. The molecule has 0 unspecified atom stereocenters. The minimum Gasteiger partial charge on any atom is -0.161 e. The van der Waals surface area contributed by atoms with E-state index in [2.05, 4.69) is 22.9 Å². The number of hydrogen-bond donors (Lipinski definition) is 0. The van der Waals surface area contributed by atoms with E-state index < -0.39 is 0 Å². The Morgan fingerprint density at radius 1 is 1.71 bits per heavy atom. The molecule has 2 heteroatoms. The fourth-order valence-corrected chi connectivity index (χ4v) is 2.55. The van der Waals surface area contributed by atoms with Gasteiger partial charge in [-0.2, -0.15) is 11.8 Å². The summed E-state index contributed by atoms with van der Waals surface area (Å²) in [6.07, 6.45) is 0. The van der Waals surface area contributed by atoms with Gasteiger partial charge in [-0.25, -0.2) is 0 Å².